The average Bonchev–Trinajstić information content (AvgIpc) is 2.05. The summed E-state index contributed by atoms with van der Waals surface area (Å²) in [6.45, 7) is 0.799. The molecule has 1 aliphatic rings. The monoisotopic (exact) mass is 358 g/mol. The molecule has 0 atom stereocenters. The zero-order valence-electron chi connectivity index (χ0n) is 7.01. The molecule has 1 aromatic carbocycles. The van der Waals surface area contributed by atoms with Crippen molar-refractivity contribution in [2.75, 3.05) is 6.61 Å². The van der Waals surface area contributed by atoms with E-state index in [9.17, 15) is 0 Å². The summed E-state index contributed by atoms with van der Waals surface area (Å²) in [5, 5.41) is 0. The quantitative estimate of drug-likeness (QED) is 0.420. The van der Waals surface area contributed by atoms with Crippen molar-refractivity contribution in [1.29, 1.82) is 0 Å². The molecular formula is C9H8KORe-. The maximum Gasteiger partial charge on any atom is 1.00 e. The molecule has 1 heterocycles. The number of para-hydroxylation sites is 1. The van der Waals surface area contributed by atoms with Crippen molar-refractivity contribution < 1.29 is 76.5 Å². The first-order valence-electron chi connectivity index (χ1n) is 3.43. The number of rotatable bonds is 0. The molecule has 0 saturated heterocycles. The van der Waals surface area contributed by atoms with Gasteiger partial charge in [0, 0.05) is 20.4 Å². The summed E-state index contributed by atoms with van der Waals surface area (Å²) in [4.78, 5) is 0. The molecule has 0 N–H and O–H groups in total. The van der Waals surface area contributed by atoms with Gasteiger partial charge in [-0.1, -0.05) is 12.2 Å². The minimum Gasteiger partial charge on any atom is -0.576 e. The van der Waals surface area contributed by atoms with Gasteiger partial charge in [0.1, 0.15) is 0 Å². The van der Waals surface area contributed by atoms with Gasteiger partial charge in [-0.2, -0.15) is 6.07 Å². The van der Waals surface area contributed by atoms with Gasteiger partial charge in [-0.3, -0.25) is 11.6 Å². The summed E-state index contributed by atoms with van der Waals surface area (Å²) in [5.74, 6) is 0.897. The zero-order chi connectivity index (χ0) is 6.81. The minimum atomic E-state index is 0. The number of benzene rings is 1. The standard InChI is InChI=1S/C9H8O.K.Re/c1-2-6-9-8(4-1)5-3-7-10-9;;/h1-2,4-5H,3,7H2;;/q-2;+1;. The first-order chi connectivity index (χ1) is 4.97. The molecule has 0 aromatic heterocycles. The Morgan fingerprint density at radius 2 is 2.33 bits per heavy atom. The van der Waals surface area contributed by atoms with Gasteiger partial charge >= 0.3 is 51.4 Å². The molecule has 59 valence electrons. The van der Waals surface area contributed by atoms with Crippen LogP contribution in [0.5, 0.6) is 5.75 Å². The molecular weight excluding hydrogens is 349 g/mol. The van der Waals surface area contributed by atoms with Crippen molar-refractivity contribution in [3.63, 3.8) is 0 Å². The Morgan fingerprint density at radius 3 is 3.08 bits per heavy atom. The third kappa shape index (κ3) is 3.15. The SMILES string of the molecule is [K+].[Re].[c-]1cccc2c1OCC[CH-]2. The van der Waals surface area contributed by atoms with Crippen LogP contribution in [-0.2, 0) is 20.4 Å². The van der Waals surface area contributed by atoms with Crippen molar-refractivity contribution in [2.24, 2.45) is 0 Å². The van der Waals surface area contributed by atoms with E-state index in [1.807, 2.05) is 18.2 Å². The number of hydrogen-bond acceptors (Lipinski definition) is 1. The molecule has 12 heavy (non-hydrogen) atoms. The summed E-state index contributed by atoms with van der Waals surface area (Å²) in [7, 11) is 0. The minimum absolute atomic E-state index is 0. The fraction of sp³-hybridized carbons (Fsp3) is 0.222. The fourth-order valence-corrected chi connectivity index (χ4v) is 1.10. The second kappa shape index (κ2) is 6.61. The van der Waals surface area contributed by atoms with E-state index in [0.717, 1.165) is 18.8 Å². The molecule has 2 rings (SSSR count). The molecule has 0 amide bonds. The van der Waals surface area contributed by atoms with Gasteiger partial charge in [-0.15, -0.1) is 0 Å². The smallest absolute Gasteiger partial charge is 0.576 e. The van der Waals surface area contributed by atoms with Crippen LogP contribution in [0.2, 0.25) is 0 Å². The molecule has 0 bridgehead atoms. The van der Waals surface area contributed by atoms with E-state index < -0.39 is 0 Å². The summed E-state index contributed by atoms with van der Waals surface area (Å²) in [5.41, 5.74) is 1.17. The summed E-state index contributed by atoms with van der Waals surface area (Å²) in [6.07, 6.45) is 3.19. The van der Waals surface area contributed by atoms with E-state index in [-0.39, 0.29) is 71.8 Å². The van der Waals surface area contributed by atoms with Gasteiger partial charge < -0.3 is 4.74 Å². The van der Waals surface area contributed by atoms with Crippen LogP contribution >= 0.6 is 0 Å². The molecule has 0 saturated carbocycles. The third-order valence-electron chi connectivity index (χ3n) is 1.58. The molecule has 0 spiro atoms. The van der Waals surface area contributed by atoms with Crippen LogP contribution in [0, 0.1) is 12.5 Å². The molecule has 1 aliphatic heterocycles. The zero-order valence-corrected chi connectivity index (χ0v) is 12.8. The van der Waals surface area contributed by atoms with Crippen LogP contribution in [0.3, 0.4) is 0 Å². The van der Waals surface area contributed by atoms with E-state index in [1.54, 1.807) is 0 Å². The van der Waals surface area contributed by atoms with Crippen LogP contribution in [0.1, 0.15) is 12.0 Å². The van der Waals surface area contributed by atoms with Gasteiger partial charge in [-0.25, -0.2) is 18.6 Å². The van der Waals surface area contributed by atoms with Gasteiger partial charge in [0.15, 0.2) is 0 Å². The number of ether oxygens (including phenoxy) is 1. The first kappa shape index (κ1) is 13.2. The number of hydrogen-bond donors (Lipinski definition) is 0. The van der Waals surface area contributed by atoms with Crippen LogP contribution < -0.4 is 56.1 Å². The maximum absolute atomic E-state index is 5.34. The van der Waals surface area contributed by atoms with Crippen LogP contribution in [0.25, 0.3) is 0 Å². The fourth-order valence-electron chi connectivity index (χ4n) is 1.10. The van der Waals surface area contributed by atoms with Crippen LogP contribution in [-0.4, -0.2) is 6.61 Å². The molecule has 1 nitrogen and oxygen atoms in total. The van der Waals surface area contributed by atoms with Crippen molar-refractivity contribution in [3.05, 3.63) is 36.2 Å². The van der Waals surface area contributed by atoms with Gasteiger partial charge in [0.05, 0.1) is 6.61 Å². The Bertz CT molecular complexity index is 215. The van der Waals surface area contributed by atoms with Crippen molar-refractivity contribution in [2.45, 2.75) is 6.42 Å². The normalized spacial score (nSPS) is 12.3. The van der Waals surface area contributed by atoms with Crippen molar-refractivity contribution in [3.8, 4) is 5.75 Å². The van der Waals surface area contributed by atoms with Crippen LogP contribution in [0.4, 0.5) is 0 Å². The molecule has 0 fully saturated rings. The van der Waals surface area contributed by atoms with Crippen molar-refractivity contribution >= 4 is 0 Å². The molecule has 0 aliphatic carbocycles. The Hall–Kier alpha value is 1.19. The Kier molecular flexibility index (Phi) is 7.27. The molecule has 0 unspecified atom stereocenters. The number of fused-ring (bicyclic) bond motifs is 1. The Labute approximate surface area is 129 Å². The molecule has 3 heteroatoms. The largest absolute Gasteiger partial charge is 1.00 e. The summed E-state index contributed by atoms with van der Waals surface area (Å²) in [6, 6.07) is 8.93. The van der Waals surface area contributed by atoms with Gasteiger partial charge in [0.2, 0.25) is 0 Å². The van der Waals surface area contributed by atoms with E-state index in [1.165, 1.54) is 5.56 Å². The van der Waals surface area contributed by atoms with Gasteiger partial charge in [0.25, 0.3) is 0 Å². The molecule has 1 radical (unpaired) electrons. The summed E-state index contributed by atoms with van der Waals surface area (Å²) < 4.78 is 5.34. The van der Waals surface area contributed by atoms with E-state index in [4.69, 9.17) is 4.74 Å². The second-order valence-electron chi connectivity index (χ2n) is 2.30. The average molecular weight is 357 g/mol. The van der Waals surface area contributed by atoms with Gasteiger partial charge in [-0.05, 0) is 0 Å². The van der Waals surface area contributed by atoms with E-state index >= 15 is 0 Å². The van der Waals surface area contributed by atoms with Crippen molar-refractivity contribution in [1.82, 2.24) is 0 Å². The van der Waals surface area contributed by atoms with Crippen LogP contribution in [0.15, 0.2) is 18.2 Å². The topological polar surface area (TPSA) is 9.23 Å². The Morgan fingerprint density at radius 1 is 1.50 bits per heavy atom. The van der Waals surface area contributed by atoms with E-state index in [2.05, 4.69) is 12.5 Å². The van der Waals surface area contributed by atoms with E-state index in [0.29, 0.717) is 0 Å². The first-order valence-corrected chi connectivity index (χ1v) is 3.43. The Balaban J connectivity index is 0.000000605. The predicted octanol–water partition coefficient (Wildman–Crippen LogP) is -1.18. The predicted molar refractivity (Wildman–Crippen MR) is 38.8 cm³/mol. The molecule has 1 aromatic rings. The third-order valence-corrected chi connectivity index (χ3v) is 1.58. The second-order valence-corrected chi connectivity index (χ2v) is 2.30. The maximum atomic E-state index is 5.34. The summed E-state index contributed by atoms with van der Waals surface area (Å²) >= 11 is 0.